The fraction of sp³-hybridized carbons (Fsp3) is 0.562. The van der Waals surface area contributed by atoms with Gasteiger partial charge in [-0.15, -0.1) is 0 Å². The Labute approximate surface area is 128 Å². The van der Waals surface area contributed by atoms with Crippen molar-refractivity contribution in [1.29, 1.82) is 0 Å². The Morgan fingerprint density at radius 2 is 2.23 bits per heavy atom. The Hall–Kier alpha value is -1.53. The van der Waals surface area contributed by atoms with E-state index in [2.05, 4.69) is 0 Å². The average Bonchev–Trinajstić information content (AvgIpc) is 2.47. The van der Waals surface area contributed by atoms with Crippen LogP contribution in [0.1, 0.15) is 31.7 Å². The van der Waals surface area contributed by atoms with Crippen molar-refractivity contribution in [2.45, 2.75) is 38.3 Å². The molecule has 1 amide bonds. The zero-order valence-corrected chi connectivity index (χ0v) is 12.8. The second-order valence-electron chi connectivity index (χ2n) is 5.80. The van der Waals surface area contributed by atoms with E-state index in [1.165, 1.54) is 12.1 Å². The molecule has 122 valence electrons. The molecule has 6 heteroatoms. The van der Waals surface area contributed by atoms with Crippen molar-refractivity contribution >= 4 is 5.91 Å². The molecule has 1 fully saturated rings. The third-order valence-electron chi connectivity index (χ3n) is 4.00. The van der Waals surface area contributed by atoms with Gasteiger partial charge in [-0.3, -0.25) is 4.79 Å². The van der Waals surface area contributed by atoms with Crippen molar-refractivity contribution in [2.75, 3.05) is 19.8 Å². The van der Waals surface area contributed by atoms with Gasteiger partial charge < -0.3 is 14.7 Å². The highest BCUT2D eigenvalue weighted by molar-refractivity contribution is 5.77. The maximum absolute atomic E-state index is 13.8. The zero-order chi connectivity index (χ0) is 16.3. The minimum Gasteiger partial charge on any atom is -0.394 e. The number of ether oxygens (including phenoxy) is 1. The van der Waals surface area contributed by atoms with Gasteiger partial charge in [-0.1, -0.05) is 13.0 Å². The summed E-state index contributed by atoms with van der Waals surface area (Å²) in [7, 11) is 0. The monoisotopic (exact) mass is 313 g/mol. The van der Waals surface area contributed by atoms with E-state index in [-0.39, 0.29) is 37.0 Å². The molecule has 0 saturated carbocycles. The molecule has 1 aromatic rings. The molecule has 2 rings (SSSR count). The van der Waals surface area contributed by atoms with Gasteiger partial charge in [0, 0.05) is 19.0 Å². The number of aliphatic hydroxyl groups is 1. The summed E-state index contributed by atoms with van der Waals surface area (Å²) in [6, 6.07) is 3.32. The molecule has 0 spiro atoms. The number of morpholine rings is 1. The second kappa shape index (κ2) is 7.15. The molecule has 1 aliphatic rings. The van der Waals surface area contributed by atoms with Crippen LogP contribution < -0.4 is 0 Å². The fourth-order valence-electron chi connectivity index (χ4n) is 2.67. The first-order valence-corrected chi connectivity index (χ1v) is 7.39. The van der Waals surface area contributed by atoms with E-state index in [4.69, 9.17) is 9.84 Å². The number of rotatable bonds is 4. The number of carbonyl (C=O) groups is 1. The highest BCUT2D eigenvalue weighted by atomic mass is 19.1. The van der Waals surface area contributed by atoms with Crippen LogP contribution in [0, 0.1) is 11.6 Å². The Kier molecular flexibility index (Phi) is 5.47. The van der Waals surface area contributed by atoms with E-state index in [1.54, 1.807) is 11.8 Å². The maximum Gasteiger partial charge on any atom is 0.223 e. The lowest BCUT2D eigenvalue weighted by Crippen LogP contribution is -2.52. The number of benzene rings is 1. The van der Waals surface area contributed by atoms with Gasteiger partial charge in [0.15, 0.2) is 0 Å². The van der Waals surface area contributed by atoms with Gasteiger partial charge in [0.2, 0.25) is 5.91 Å². The molecule has 0 unspecified atom stereocenters. The van der Waals surface area contributed by atoms with E-state index < -0.39 is 11.6 Å². The van der Waals surface area contributed by atoms with Crippen molar-refractivity contribution in [3.63, 3.8) is 0 Å². The SMILES string of the molecule is C[C@H](CC(=O)N1C[C@H](CO)OC[C@@H]1C)c1ccc(F)cc1F. The molecule has 4 nitrogen and oxygen atoms in total. The van der Waals surface area contributed by atoms with E-state index in [9.17, 15) is 13.6 Å². The molecule has 0 bridgehead atoms. The molecular formula is C16H21F2NO3. The summed E-state index contributed by atoms with van der Waals surface area (Å²) in [4.78, 5) is 14.1. The molecule has 22 heavy (non-hydrogen) atoms. The van der Waals surface area contributed by atoms with Crippen LogP contribution in [-0.4, -0.2) is 47.8 Å². The lowest BCUT2D eigenvalue weighted by Gasteiger charge is -2.38. The average molecular weight is 313 g/mol. The van der Waals surface area contributed by atoms with Gasteiger partial charge in [-0.2, -0.15) is 0 Å². The third-order valence-corrected chi connectivity index (χ3v) is 4.00. The topological polar surface area (TPSA) is 49.8 Å². The predicted octanol–water partition coefficient (Wildman–Crippen LogP) is 2.07. The summed E-state index contributed by atoms with van der Waals surface area (Å²) in [5.41, 5.74) is 0.328. The van der Waals surface area contributed by atoms with Gasteiger partial charge in [0.25, 0.3) is 0 Å². The van der Waals surface area contributed by atoms with Crippen LogP contribution in [0.5, 0.6) is 0 Å². The molecule has 3 atom stereocenters. The van der Waals surface area contributed by atoms with Crippen LogP contribution in [-0.2, 0) is 9.53 Å². The van der Waals surface area contributed by atoms with Crippen molar-refractivity contribution in [3.8, 4) is 0 Å². The summed E-state index contributed by atoms with van der Waals surface area (Å²) in [6.45, 7) is 4.17. The highest BCUT2D eigenvalue weighted by Gasteiger charge is 2.30. The lowest BCUT2D eigenvalue weighted by molar-refractivity contribution is -0.146. The third kappa shape index (κ3) is 3.81. The van der Waals surface area contributed by atoms with Gasteiger partial charge >= 0.3 is 0 Å². The number of aliphatic hydroxyl groups excluding tert-OH is 1. The summed E-state index contributed by atoms with van der Waals surface area (Å²) in [6.07, 6.45) is -0.247. The first kappa shape index (κ1) is 16.8. The number of hydrogen-bond donors (Lipinski definition) is 1. The molecule has 1 aliphatic heterocycles. The Morgan fingerprint density at radius 3 is 2.86 bits per heavy atom. The quantitative estimate of drug-likeness (QED) is 0.926. The zero-order valence-electron chi connectivity index (χ0n) is 12.8. The minimum absolute atomic E-state index is 0.0828. The molecule has 0 aliphatic carbocycles. The Bertz CT molecular complexity index is 538. The molecule has 1 N–H and O–H groups in total. The number of halogens is 2. The second-order valence-corrected chi connectivity index (χ2v) is 5.80. The highest BCUT2D eigenvalue weighted by Crippen LogP contribution is 2.25. The van der Waals surface area contributed by atoms with Crippen LogP contribution >= 0.6 is 0 Å². The molecule has 1 aromatic carbocycles. The van der Waals surface area contributed by atoms with E-state index >= 15 is 0 Å². The Balaban J connectivity index is 2.03. The smallest absolute Gasteiger partial charge is 0.223 e. The van der Waals surface area contributed by atoms with Gasteiger partial charge in [-0.05, 0) is 24.5 Å². The fourth-order valence-corrected chi connectivity index (χ4v) is 2.67. The Morgan fingerprint density at radius 1 is 1.50 bits per heavy atom. The van der Waals surface area contributed by atoms with Crippen LogP contribution in [0.25, 0.3) is 0 Å². The van der Waals surface area contributed by atoms with Crippen molar-refractivity contribution in [2.24, 2.45) is 0 Å². The first-order valence-electron chi connectivity index (χ1n) is 7.39. The summed E-state index contributed by atoms with van der Waals surface area (Å²) >= 11 is 0. The molecule has 1 saturated heterocycles. The number of hydrogen-bond acceptors (Lipinski definition) is 3. The van der Waals surface area contributed by atoms with Crippen LogP contribution in [0.3, 0.4) is 0 Å². The van der Waals surface area contributed by atoms with Crippen LogP contribution in [0.15, 0.2) is 18.2 Å². The van der Waals surface area contributed by atoms with Gasteiger partial charge in [0.05, 0.1) is 25.4 Å². The molecule has 1 heterocycles. The van der Waals surface area contributed by atoms with Gasteiger partial charge in [-0.25, -0.2) is 8.78 Å². The normalized spacial score (nSPS) is 23.4. The summed E-state index contributed by atoms with van der Waals surface area (Å²) in [5, 5.41) is 9.15. The van der Waals surface area contributed by atoms with E-state index in [1.807, 2.05) is 6.92 Å². The van der Waals surface area contributed by atoms with Crippen molar-refractivity contribution in [3.05, 3.63) is 35.4 Å². The maximum atomic E-state index is 13.8. The molecule has 0 aromatic heterocycles. The van der Waals surface area contributed by atoms with E-state index in [0.29, 0.717) is 18.7 Å². The van der Waals surface area contributed by atoms with Crippen LogP contribution in [0.2, 0.25) is 0 Å². The van der Waals surface area contributed by atoms with E-state index in [0.717, 1.165) is 6.07 Å². The number of carbonyl (C=O) groups excluding carboxylic acids is 1. The van der Waals surface area contributed by atoms with Gasteiger partial charge in [0.1, 0.15) is 11.6 Å². The largest absolute Gasteiger partial charge is 0.394 e. The summed E-state index contributed by atoms with van der Waals surface area (Å²) < 4.78 is 32.1. The number of amides is 1. The minimum atomic E-state index is -0.636. The molecule has 0 radical (unpaired) electrons. The summed E-state index contributed by atoms with van der Waals surface area (Å²) in [5.74, 6) is -1.74. The molecular weight excluding hydrogens is 292 g/mol. The number of nitrogens with zero attached hydrogens (tertiary/aromatic N) is 1. The standard InChI is InChI=1S/C16H21F2NO3/c1-10(14-4-3-12(17)6-15(14)18)5-16(21)19-7-13(8-20)22-9-11(19)2/h3-4,6,10-11,13,20H,5,7-9H2,1-2H3/t10-,11+,13-/m1/s1. The van der Waals surface area contributed by atoms with Crippen molar-refractivity contribution < 1.29 is 23.4 Å². The first-order chi connectivity index (χ1) is 10.4. The van der Waals surface area contributed by atoms with Crippen LogP contribution in [0.4, 0.5) is 8.78 Å². The lowest BCUT2D eigenvalue weighted by atomic mass is 9.96. The van der Waals surface area contributed by atoms with Crippen molar-refractivity contribution in [1.82, 2.24) is 4.90 Å². The predicted molar refractivity (Wildman–Crippen MR) is 77.4 cm³/mol.